The van der Waals surface area contributed by atoms with E-state index in [1.807, 2.05) is 18.2 Å². The first kappa shape index (κ1) is 13.9. The van der Waals surface area contributed by atoms with E-state index in [9.17, 15) is 9.59 Å². The zero-order valence-corrected chi connectivity index (χ0v) is 12.0. The summed E-state index contributed by atoms with van der Waals surface area (Å²) in [5, 5.41) is 9.04. The maximum atomic E-state index is 11.9. The molecule has 1 aromatic carbocycles. The molecule has 0 aromatic heterocycles. The standard InChI is InChI=1S/C16H21N3O2/c20-15(17-7-8-18-16(21)11-5-6-11)9-12-10-19-14-4-2-1-3-13(12)14/h1-4,11-12,19H,5-10H2,(H,17,20)(H,18,21). The lowest BCUT2D eigenvalue weighted by Gasteiger charge is -2.11. The van der Waals surface area contributed by atoms with Gasteiger partial charge in [-0.25, -0.2) is 0 Å². The molecule has 1 aliphatic carbocycles. The highest BCUT2D eigenvalue weighted by atomic mass is 16.2. The van der Waals surface area contributed by atoms with Crippen LogP contribution in [-0.4, -0.2) is 31.4 Å². The minimum Gasteiger partial charge on any atom is -0.384 e. The monoisotopic (exact) mass is 287 g/mol. The van der Waals surface area contributed by atoms with E-state index in [0.29, 0.717) is 19.5 Å². The predicted molar refractivity (Wildman–Crippen MR) is 81.0 cm³/mol. The molecule has 2 amide bonds. The van der Waals surface area contributed by atoms with Crippen LogP contribution in [0.25, 0.3) is 0 Å². The largest absolute Gasteiger partial charge is 0.384 e. The van der Waals surface area contributed by atoms with Crippen LogP contribution in [0.3, 0.4) is 0 Å². The summed E-state index contributed by atoms with van der Waals surface area (Å²) in [5.74, 6) is 0.626. The van der Waals surface area contributed by atoms with E-state index >= 15 is 0 Å². The van der Waals surface area contributed by atoms with Crippen LogP contribution in [0.15, 0.2) is 24.3 Å². The number of fused-ring (bicyclic) bond motifs is 1. The van der Waals surface area contributed by atoms with Crippen molar-refractivity contribution in [3.8, 4) is 0 Å². The van der Waals surface area contributed by atoms with E-state index < -0.39 is 0 Å². The third-order valence-corrected chi connectivity index (χ3v) is 4.07. The van der Waals surface area contributed by atoms with Gasteiger partial charge < -0.3 is 16.0 Å². The number of hydrogen-bond donors (Lipinski definition) is 3. The van der Waals surface area contributed by atoms with Gasteiger partial charge in [0.25, 0.3) is 0 Å². The third kappa shape index (κ3) is 3.54. The molecule has 0 saturated heterocycles. The van der Waals surface area contributed by atoms with Gasteiger partial charge in [-0.05, 0) is 24.5 Å². The number of carbonyl (C=O) groups excluding carboxylic acids is 2. The van der Waals surface area contributed by atoms with Gasteiger partial charge >= 0.3 is 0 Å². The maximum Gasteiger partial charge on any atom is 0.223 e. The number of hydrogen-bond acceptors (Lipinski definition) is 3. The second-order valence-electron chi connectivity index (χ2n) is 5.78. The summed E-state index contributed by atoms with van der Waals surface area (Å²) in [7, 11) is 0. The lowest BCUT2D eigenvalue weighted by molar-refractivity contribution is -0.123. The molecule has 1 saturated carbocycles. The molecule has 21 heavy (non-hydrogen) atoms. The molecule has 5 nitrogen and oxygen atoms in total. The number of benzene rings is 1. The van der Waals surface area contributed by atoms with Crippen LogP contribution in [0.4, 0.5) is 5.69 Å². The fraction of sp³-hybridized carbons (Fsp3) is 0.500. The molecule has 1 atom stereocenters. The molecule has 1 aromatic rings. The van der Waals surface area contributed by atoms with Gasteiger partial charge in [0.1, 0.15) is 0 Å². The summed E-state index contributed by atoms with van der Waals surface area (Å²) in [4.78, 5) is 23.4. The summed E-state index contributed by atoms with van der Waals surface area (Å²) in [6, 6.07) is 8.12. The van der Waals surface area contributed by atoms with Gasteiger partial charge in [-0.2, -0.15) is 0 Å². The molecule has 5 heteroatoms. The first-order valence-electron chi connectivity index (χ1n) is 7.61. The Morgan fingerprint density at radius 3 is 2.71 bits per heavy atom. The average molecular weight is 287 g/mol. The van der Waals surface area contributed by atoms with Crippen LogP contribution in [0.1, 0.15) is 30.7 Å². The lowest BCUT2D eigenvalue weighted by atomic mass is 9.98. The highest BCUT2D eigenvalue weighted by Gasteiger charge is 2.29. The molecule has 0 bridgehead atoms. The zero-order valence-electron chi connectivity index (χ0n) is 12.0. The number of nitrogens with one attached hydrogen (secondary N) is 3. The van der Waals surface area contributed by atoms with Crippen molar-refractivity contribution >= 4 is 17.5 Å². The van der Waals surface area contributed by atoms with E-state index in [4.69, 9.17) is 0 Å². The second-order valence-corrected chi connectivity index (χ2v) is 5.78. The van der Waals surface area contributed by atoms with Crippen molar-refractivity contribution in [2.75, 3.05) is 25.0 Å². The van der Waals surface area contributed by atoms with Crippen LogP contribution in [0, 0.1) is 5.92 Å². The van der Waals surface area contributed by atoms with E-state index in [1.165, 1.54) is 5.56 Å². The Kier molecular flexibility index (Phi) is 4.08. The highest BCUT2D eigenvalue weighted by Crippen LogP contribution is 2.33. The first-order chi connectivity index (χ1) is 10.2. The molecule has 0 radical (unpaired) electrons. The van der Waals surface area contributed by atoms with Crippen molar-refractivity contribution < 1.29 is 9.59 Å². The van der Waals surface area contributed by atoms with Crippen molar-refractivity contribution in [1.82, 2.24) is 10.6 Å². The van der Waals surface area contributed by atoms with Gasteiger partial charge in [0, 0.05) is 43.6 Å². The van der Waals surface area contributed by atoms with Gasteiger partial charge in [0.2, 0.25) is 11.8 Å². The Bertz CT molecular complexity index is 540. The van der Waals surface area contributed by atoms with Gasteiger partial charge in [0.15, 0.2) is 0 Å². The molecule has 1 fully saturated rings. The van der Waals surface area contributed by atoms with Crippen molar-refractivity contribution in [3.05, 3.63) is 29.8 Å². The molecule has 1 aliphatic heterocycles. The first-order valence-corrected chi connectivity index (χ1v) is 7.61. The van der Waals surface area contributed by atoms with Crippen molar-refractivity contribution in [2.24, 2.45) is 5.92 Å². The van der Waals surface area contributed by atoms with E-state index in [-0.39, 0.29) is 23.7 Å². The van der Waals surface area contributed by atoms with Gasteiger partial charge in [-0.15, -0.1) is 0 Å². The minimum atomic E-state index is 0.0409. The van der Waals surface area contributed by atoms with Crippen molar-refractivity contribution in [2.45, 2.75) is 25.2 Å². The summed E-state index contributed by atoms with van der Waals surface area (Å²) >= 11 is 0. The van der Waals surface area contributed by atoms with Crippen LogP contribution < -0.4 is 16.0 Å². The number of anilines is 1. The number of para-hydroxylation sites is 1. The minimum absolute atomic E-state index is 0.0409. The van der Waals surface area contributed by atoms with E-state index in [1.54, 1.807) is 0 Å². The normalized spacial score (nSPS) is 19.5. The summed E-state index contributed by atoms with van der Waals surface area (Å²) in [5.41, 5.74) is 2.35. The third-order valence-electron chi connectivity index (χ3n) is 4.07. The smallest absolute Gasteiger partial charge is 0.223 e. The molecule has 3 rings (SSSR count). The molecule has 2 aliphatic rings. The number of carbonyl (C=O) groups is 2. The Hall–Kier alpha value is -2.04. The molecular weight excluding hydrogens is 266 g/mol. The lowest BCUT2D eigenvalue weighted by Crippen LogP contribution is -2.35. The van der Waals surface area contributed by atoms with Gasteiger partial charge in [0.05, 0.1) is 0 Å². The van der Waals surface area contributed by atoms with E-state index in [0.717, 1.165) is 25.1 Å². The Morgan fingerprint density at radius 2 is 1.90 bits per heavy atom. The van der Waals surface area contributed by atoms with Crippen LogP contribution in [0.5, 0.6) is 0 Å². The second kappa shape index (κ2) is 6.16. The predicted octanol–water partition coefficient (Wildman–Crippen LogP) is 1.23. The number of rotatable bonds is 6. The molecule has 0 spiro atoms. The molecule has 112 valence electrons. The highest BCUT2D eigenvalue weighted by molar-refractivity contribution is 5.81. The van der Waals surface area contributed by atoms with Crippen molar-refractivity contribution in [1.29, 1.82) is 0 Å². The molecular formula is C16H21N3O2. The topological polar surface area (TPSA) is 70.2 Å². The fourth-order valence-corrected chi connectivity index (χ4v) is 2.71. The van der Waals surface area contributed by atoms with Crippen LogP contribution in [-0.2, 0) is 9.59 Å². The molecule has 1 heterocycles. The summed E-state index contributed by atoms with van der Waals surface area (Å²) < 4.78 is 0. The Morgan fingerprint density at radius 1 is 1.14 bits per heavy atom. The SMILES string of the molecule is O=C(CC1CNc2ccccc21)NCCNC(=O)C1CC1. The fourth-order valence-electron chi connectivity index (χ4n) is 2.71. The zero-order chi connectivity index (χ0) is 14.7. The van der Waals surface area contributed by atoms with E-state index in [2.05, 4.69) is 22.0 Å². The molecule has 3 N–H and O–H groups in total. The summed E-state index contributed by atoms with van der Waals surface area (Å²) in [6.07, 6.45) is 2.50. The van der Waals surface area contributed by atoms with Crippen LogP contribution >= 0.6 is 0 Å². The molecule has 1 unspecified atom stereocenters. The van der Waals surface area contributed by atoms with Gasteiger partial charge in [-0.3, -0.25) is 9.59 Å². The van der Waals surface area contributed by atoms with Crippen molar-refractivity contribution in [3.63, 3.8) is 0 Å². The number of amides is 2. The summed E-state index contributed by atoms with van der Waals surface area (Å²) in [6.45, 7) is 1.82. The average Bonchev–Trinajstić information content (AvgIpc) is 3.27. The van der Waals surface area contributed by atoms with Crippen LogP contribution in [0.2, 0.25) is 0 Å². The quantitative estimate of drug-likeness (QED) is 0.689. The maximum absolute atomic E-state index is 11.9. The van der Waals surface area contributed by atoms with Gasteiger partial charge in [-0.1, -0.05) is 18.2 Å². The Balaban J connectivity index is 1.38. The Labute approximate surface area is 124 Å².